The first kappa shape index (κ1) is 12.3. The first-order valence-electron chi connectivity index (χ1n) is 5.72. The summed E-state index contributed by atoms with van der Waals surface area (Å²) in [5.74, 6) is 0.410. The van der Waals surface area contributed by atoms with Crippen molar-refractivity contribution in [1.82, 2.24) is 0 Å². The van der Waals surface area contributed by atoms with Crippen LogP contribution in [0.4, 0.5) is 0 Å². The Morgan fingerprint density at radius 1 is 1.06 bits per heavy atom. The molecule has 0 aliphatic heterocycles. The molecule has 0 bridgehead atoms. The van der Waals surface area contributed by atoms with Gasteiger partial charge in [0.05, 0.1) is 18.7 Å². The molecular weight excluding hydrogens is 226 g/mol. The minimum Gasteiger partial charge on any atom is -0.496 e. The molecule has 0 saturated carbocycles. The van der Waals surface area contributed by atoms with Crippen LogP contribution >= 0.6 is 0 Å². The molecule has 0 amide bonds. The zero-order valence-electron chi connectivity index (χ0n) is 10.2. The molecule has 0 aromatic heterocycles. The van der Waals surface area contributed by atoms with E-state index in [-0.39, 0.29) is 5.78 Å². The lowest BCUT2D eigenvalue weighted by molar-refractivity contribution is 0.0958. The molecule has 1 atom stereocenters. The topological polar surface area (TPSA) is 52.3 Å². The van der Waals surface area contributed by atoms with Crippen LogP contribution in [0.2, 0.25) is 0 Å². The van der Waals surface area contributed by atoms with E-state index in [1.54, 1.807) is 25.3 Å². The zero-order valence-corrected chi connectivity index (χ0v) is 10.2. The van der Waals surface area contributed by atoms with Crippen LogP contribution in [0.3, 0.4) is 0 Å². The average Bonchev–Trinajstić information content (AvgIpc) is 2.46. The van der Waals surface area contributed by atoms with Crippen molar-refractivity contribution < 1.29 is 9.53 Å². The minimum atomic E-state index is -0.664. The monoisotopic (exact) mass is 241 g/mol. The van der Waals surface area contributed by atoms with Gasteiger partial charge in [0.15, 0.2) is 5.78 Å². The van der Waals surface area contributed by atoms with Gasteiger partial charge in [0, 0.05) is 0 Å². The summed E-state index contributed by atoms with van der Waals surface area (Å²) in [6, 6.07) is 15.8. The van der Waals surface area contributed by atoms with E-state index < -0.39 is 6.04 Å². The molecule has 0 saturated heterocycles. The maximum Gasteiger partial charge on any atom is 0.187 e. The van der Waals surface area contributed by atoms with Crippen LogP contribution in [0.25, 0.3) is 0 Å². The molecule has 0 aliphatic carbocycles. The third kappa shape index (κ3) is 2.41. The number of hydrogen-bond acceptors (Lipinski definition) is 3. The van der Waals surface area contributed by atoms with E-state index in [9.17, 15) is 4.79 Å². The smallest absolute Gasteiger partial charge is 0.187 e. The van der Waals surface area contributed by atoms with Crippen LogP contribution in [-0.2, 0) is 0 Å². The number of carbonyl (C=O) groups excluding carboxylic acids is 1. The Kier molecular flexibility index (Phi) is 3.75. The quantitative estimate of drug-likeness (QED) is 0.837. The summed E-state index contributed by atoms with van der Waals surface area (Å²) in [6.45, 7) is 0. The van der Waals surface area contributed by atoms with Gasteiger partial charge in [-0.25, -0.2) is 0 Å². The van der Waals surface area contributed by atoms with Crippen LogP contribution in [0.5, 0.6) is 5.75 Å². The highest BCUT2D eigenvalue weighted by atomic mass is 16.5. The number of hydrogen-bond donors (Lipinski definition) is 1. The summed E-state index contributed by atoms with van der Waals surface area (Å²) in [5, 5.41) is 0. The SMILES string of the molecule is COc1ccccc1C(=O)[C@H](N)c1ccccc1. The lowest BCUT2D eigenvalue weighted by Gasteiger charge is -2.13. The van der Waals surface area contributed by atoms with Gasteiger partial charge in [-0.2, -0.15) is 0 Å². The third-order valence-electron chi connectivity index (χ3n) is 2.81. The predicted octanol–water partition coefficient (Wildman–Crippen LogP) is 2.58. The van der Waals surface area contributed by atoms with E-state index in [2.05, 4.69) is 0 Å². The standard InChI is InChI=1S/C15H15NO2/c1-18-13-10-6-5-9-12(13)15(17)14(16)11-7-3-2-4-8-11/h2-10,14H,16H2,1H3/t14-/m1/s1. The lowest BCUT2D eigenvalue weighted by Crippen LogP contribution is -2.21. The van der Waals surface area contributed by atoms with E-state index in [0.29, 0.717) is 11.3 Å². The molecular formula is C15H15NO2. The molecule has 0 fully saturated rings. The molecule has 0 aliphatic rings. The highest BCUT2D eigenvalue weighted by Crippen LogP contribution is 2.23. The van der Waals surface area contributed by atoms with Crippen molar-refractivity contribution in [2.24, 2.45) is 5.73 Å². The highest BCUT2D eigenvalue weighted by molar-refractivity contribution is 6.02. The third-order valence-corrected chi connectivity index (χ3v) is 2.81. The number of nitrogens with two attached hydrogens (primary N) is 1. The van der Waals surface area contributed by atoms with Crippen molar-refractivity contribution in [3.05, 3.63) is 65.7 Å². The highest BCUT2D eigenvalue weighted by Gasteiger charge is 2.20. The van der Waals surface area contributed by atoms with Gasteiger partial charge in [0.25, 0.3) is 0 Å². The predicted molar refractivity (Wildman–Crippen MR) is 70.7 cm³/mol. The van der Waals surface area contributed by atoms with Gasteiger partial charge in [-0.05, 0) is 17.7 Å². The molecule has 2 aromatic carbocycles. The second-order valence-electron chi connectivity index (χ2n) is 3.95. The van der Waals surface area contributed by atoms with E-state index in [4.69, 9.17) is 10.5 Å². The Bertz CT molecular complexity index is 537. The Morgan fingerprint density at radius 2 is 1.67 bits per heavy atom. The van der Waals surface area contributed by atoms with Crippen molar-refractivity contribution in [2.45, 2.75) is 6.04 Å². The van der Waals surface area contributed by atoms with Gasteiger partial charge in [-0.15, -0.1) is 0 Å². The number of ether oxygens (including phenoxy) is 1. The van der Waals surface area contributed by atoms with E-state index in [1.165, 1.54) is 0 Å². The molecule has 0 unspecified atom stereocenters. The van der Waals surface area contributed by atoms with Crippen LogP contribution in [-0.4, -0.2) is 12.9 Å². The number of carbonyl (C=O) groups is 1. The first-order valence-corrected chi connectivity index (χ1v) is 5.72. The summed E-state index contributed by atoms with van der Waals surface area (Å²) >= 11 is 0. The van der Waals surface area contributed by atoms with Gasteiger partial charge >= 0.3 is 0 Å². The summed E-state index contributed by atoms with van der Waals surface area (Å²) in [7, 11) is 1.54. The summed E-state index contributed by atoms with van der Waals surface area (Å²) in [4.78, 5) is 12.3. The van der Waals surface area contributed by atoms with Gasteiger partial charge in [0.1, 0.15) is 5.75 Å². The van der Waals surface area contributed by atoms with Gasteiger partial charge in [-0.3, -0.25) is 4.79 Å². The van der Waals surface area contributed by atoms with Crippen molar-refractivity contribution >= 4 is 5.78 Å². The molecule has 18 heavy (non-hydrogen) atoms. The Balaban J connectivity index is 2.32. The number of methoxy groups -OCH3 is 1. The molecule has 2 N–H and O–H groups in total. The van der Waals surface area contributed by atoms with E-state index >= 15 is 0 Å². The van der Waals surface area contributed by atoms with Crippen molar-refractivity contribution in [2.75, 3.05) is 7.11 Å². The molecule has 2 rings (SSSR count). The molecule has 3 heteroatoms. The maximum absolute atomic E-state index is 12.3. The van der Waals surface area contributed by atoms with E-state index in [1.807, 2.05) is 36.4 Å². The maximum atomic E-state index is 12.3. The van der Waals surface area contributed by atoms with Gasteiger partial charge < -0.3 is 10.5 Å². The fraction of sp³-hybridized carbons (Fsp3) is 0.133. The van der Waals surface area contributed by atoms with Crippen LogP contribution in [0.15, 0.2) is 54.6 Å². The largest absolute Gasteiger partial charge is 0.496 e. The Labute approximate surface area is 106 Å². The summed E-state index contributed by atoms with van der Waals surface area (Å²) < 4.78 is 5.18. The number of ketones is 1. The van der Waals surface area contributed by atoms with Crippen LogP contribution in [0.1, 0.15) is 22.0 Å². The lowest BCUT2D eigenvalue weighted by atomic mass is 9.98. The number of rotatable bonds is 4. The Hall–Kier alpha value is -2.13. The van der Waals surface area contributed by atoms with Crippen LogP contribution in [0, 0.1) is 0 Å². The fourth-order valence-corrected chi connectivity index (χ4v) is 1.83. The Morgan fingerprint density at radius 3 is 2.33 bits per heavy atom. The van der Waals surface area contributed by atoms with Crippen molar-refractivity contribution in [3.63, 3.8) is 0 Å². The number of benzene rings is 2. The second-order valence-corrected chi connectivity index (χ2v) is 3.95. The molecule has 3 nitrogen and oxygen atoms in total. The second kappa shape index (κ2) is 5.47. The normalized spacial score (nSPS) is 11.9. The molecule has 0 spiro atoms. The van der Waals surface area contributed by atoms with Gasteiger partial charge in [0.2, 0.25) is 0 Å². The zero-order chi connectivity index (χ0) is 13.0. The summed E-state index contributed by atoms with van der Waals surface area (Å²) in [5.41, 5.74) is 7.30. The minimum absolute atomic E-state index is 0.140. The van der Waals surface area contributed by atoms with Gasteiger partial charge in [-0.1, -0.05) is 42.5 Å². The van der Waals surface area contributed by atoms with Crippen molar-refractivity contribution in [1.29, 1.82) is 0 Å². The number of Topliss-reactive ketones (excluding diaryl/α,β-unsaturated/α-hetero) is 1. The molecule has 0 radical (unpaired) electrons. The van der Waals surface area contributed by atoms with Crippen molar-refractivity contribution in [3.8, 4) is 5.75 Å². The molecule has 0 heterocycles. The van der Waals surface area contributed by atoms with E-state index in [0.717, 1.165) is 5.56 Å². The average molecular weight is 241 g/mol. The summed E-state index contributed by atoms with van der Waals surface area (Å²) in [6.07, 6.45) is 0. The molecule has 92 valence electrons. The molecule has 2 aromatic rings. The fourth-order valence-electron chi connectivity index (χ4n) is 1.83. The van der Waals surface area contributed by atoms with Crippen LogP contribution < -0.4 is 10.5 Å². The first-order chi connectivity index (χ1) is 8.74. The number of para-hydroxylation sites is 1.